The summed E-state index contributed by atoms with van der Waals surface area (Å²) in [5, 5.41) is 5.12. The summed E-state index contributed by atoms with van der Waals surface area (Å²) in [7, 11) is 0. The van der Waals surface area contributed by atoms with Gasteiger partial charge in [-0.2, -0.15) is 0 Å². The van der Waals surface area contributed by atoms with Crippen LogP contribution in [-0.4, -0.2) is 18.0 Å². The van der Waals surface area contributed by atoms with E-state index in [-0.39, 0.29) is 23.9 Å². The maximum absolute atomic E-state index is 12.5. The molecule has 3 rings (SSSR count). The molecule has 3 N–H and O–H groups in total. The van der Waals surface area contributed by atoms with Crippen LogP contribution in [0.4, 0.5) is 0 Å². The lowest BCUT2D eigenvalue weighted by Crippen LogP contribution is -2.51. The number of amides is 1. The van der Waals surface area contributed by atoms with E-state index in [1.54, 1.807) is 0 Å². The molecule has 1 saturated carbocycles. The van der Waals surface area contributed by atoms with Crippen LogP contribution in [0.15, 0.2) is 42.5 Å². The molecule has 2 aromatic carbocycles. The smallest absolute Gasteiger partial charge is 0.251 e. The molecule has 1 fully saturated rings. The number of nitrogens with one attached hydrogen (secondary N) is 1. The Hall–Kier alpha value is -1.58. The average molecular weight is 319 g/mol. The standard InChI is InChI=1S/C18H22N2O.ClH/c19-18(11-4-1-5-12-18)13-20-17(21)16-10-6-8-14-7-2-3-9-15(14)16;/h2-3,6-10H,1,4-5,11-13,19H2,(H,20,21);1H. The van der Waals surface area contributed by atoms with E-state index in [2.05, 4.69) is 5.32 Å². The fourth-order valence-corrected chi connectivity index (χ4v) is 3.21. The molecule has 22 heavy (non-hydrogen) atoms. The summed E-state index contributed by atoms with van der Waals surface area (Å²) >= 11 is 0. The van der Waals surface area contributed by atoms with E-state index in [0.717, 1.165) is 29.2 Å². The van der Waals surface area contributed by atoms with Gasteiger partial charge in [0.25, 0.3) is 5.91 Å². The second-order valence-corrected chi connectivity index (χ2v) is 6.13. The maximum Gasteiger partial charge on any atom is 0.251 e. The number of fused-ring (bicyclic) bond motifs is 1. The second-order valence-electron chi connectivity index (χ2n) is 6.13. The van der Waals surface area contributed by atoms with E-state index in [1.165, 1.54) is 19.3 Å². The first-order valence-corrected chi connectivity index (χ1v) is 7.73. The second kappa shape index (κ2) is 7.12. The van der Waals surface area contributed by atoms with E-state index < -0.39 is 0 Å². The third kappa shape index (κ3) is 3.60. The predicted molar refractivity (Wildman–Crippen MR) is 93.5 cm³/mol. The number of hydrogen-bond donors (Lipinski definition) is 2. The van der Waals surface area contributed by atoms with Crippen molar-refractivity contribution in [1.29, 1.82) is 0 Å². The van der Waals surface area contributed by atoms with Gasteiger partial charge in [-0.05, 0) is 29.7 Å². The number of benzene rings is 2. The number of rotatable bonds is 3. The topological polar surface area (TPSA) is 55.1 Å². The summed E-state index contributed by atoms with van der Waals surface area (Å²) in [6.45, 7) is 0.565. The Morgan fingerprint density at radius 1 is 1.05 bits per heavy atom. The van der Waals surface area contributed by atoms with Gasteiger partial charge in [0.05, 0.1) is 0 Å². The lowest BCUT2D eigenvalue weighted by Gasteiger charge is -2.33. The first-order chi connectivity index (χ1) is 10.2. The van der Waals surface area contributed by atoms with Gasteiger partial charge in [0.1, 0.15) is 0 Å². The predicted octanol–water partition coefficient (Wildman–Crippen LogP) is 3.65. The molecule has 1 aliphatic rings. The quantitative estimate of drug-likeness (QED) is 0.907. The van der Waals surface area contributed by atoms with Crippen LogP contribution < -0.4 is 11.1 Å². The summed E-state index contributed by atoms with van der Waals surface area (Å²) in [6.07, 6.45) is 5.60. The number of nitrogens with two attached hydrogens (primary N) is 1. The molecule has 1 aliphatic carbocycles. The Balaban J connectivity index is 0.00000176. The summed E-state index contributed by atoms with van der Waals surface area (Å²) in [5.41, 5.74) is 6.89. The maximum atomic E-state index is 12.5. The molecule has 0 radical (unpaired) electrons. The van der Waals surface area contributed by atoms with Crippen molar-refractivity contribution in [2.24, 2.45) is 5.73 Å². The van der Waals surface area contributed by atoms with E-state index in [4.69, 9.17) is 5.73 Å². The molecule has 118 valence electrons. The highest BCUT2D eigenvalue weighted by Gasteiger charge is 2.27. The Bertz CT molecular complexity index is 645. The van der Waals surface area contributed by atoms with Crippen LogP contribution in [0.1, 0.15) is 42.5 Å². The van der Waals surface area contributed by atoms with E-state index in [0.29, 0.717) is 6.54 Å². The highest BCUT2D eigenvalue weighted by molar-refractivity contribution is 6.07. The van der Waals surface area contributed by atoms with Crippen LogP contribution in [0.2, 0.25) is 0 Å². The molecule has 0 aromatic heterocycles. The van der Waals surface area contributed by atoms with Crippen LogP contribution in [0.5, 0.6) is 0 Å². The zero-order chi connectivity index (χ0) is 14.7. The zero-order valence-corrected chi connectivity index (χ0v) is 13.5. The summed E-state index contributed by atoms with van der Waals surface area (Å²) in [4.78, 5) is 12.5. The van der Waals surface area contributed by atoms with Gasteiger partial charge in [-0.15, -0.1) is 12.4 Å². The highest BCUT2D eigenvalue weighted by atomic mass is 35.5. The lowest BCUT2D eigenvalue weighted by molar-refractivity contribution is 0.0939. The average Bonchev–Trinajstić information content (AvgIpc) is 2.53. The normalized spacial score (nSPS) is 16.8. The first kappa shape index (κ1) is 16.8. The van der Waals surface area contributed by atoms with Gasteiger partial charge in [0, 0.05) is 17.6 Å². The molecular weight excluding hydrogens is 296 g/mol. The summed E-state index contributed by atoms with van der Waals surface area (Å²) < 4.78 is 0. The largest absolute Gasteiger partial charge is 0.350 e. The zero-order valence-electron chi connectivity index (χ0n) is 12.7. The van der Waals surface area contributed by atoms with Gasteiger partial charge in [-0.25, -0.2) is 0 Å². The van der Waals surface area contributed by atoms with E-state index >= 15 is 0 Å². The Kier molecular flexibility index (Phi) is 5.43. The summed E-state index contributed by atoms with van der Waals surface area (Å²) in [6, 6.07) is 13.8. The Labute approximate surface area is 137 Å². The van der Waals surface area contributed by atoms with Crippen LogP contribution in [0, 0.1) is 0 Å². The Morgan fingerprint density at radius 3 is 2.50 bits per heavy atom. The molecule has 3 nitrogen and oxygen atoms in total. The minimum absolute atomic E-state index is 0. The Morgan fingerprint density at radius 2 is 1.73 bits per heavy atom. The van der Waals surface area contributed by atoms with Gasteiger partial charge < -0.3 is 11.1 Å². The third-order valence-electron chi connectivity index (χ3n) is 4.48. The molecule has 1 amide bonds. The summed E-state index contributed by atoms with van der Waals surface area (Å²) in [5.74, 6) is -0.0257. The van der Waals surface area contributed by atoms with Gasteiger partial charge in [-0.3, -0.25) is 4.79 Å². The van der Waals surface area contributed by atoms with Gasteiger partial charge in [0.15, 0.2) is 0 Å². The fraction of sp³-hybridized carbons (Fsp3) is 0.389. The SMILES string of the molecule is Cl.NC1(CNC(=O)c2cccc3ccccc23)CCCCC1. The van der Waals surface area contributed by atoms with Crippen molar-refractivity contribution in [2.75, 3.05) is 6.54 Å². The minimum atomic E-state index is -0.224. The van der Waals surface area contributed by atoms with Crippen molar-refractivity contribution in [1.82, 2.24) is 5.32 Å². The molecule has 0 saturated heterocycles. The van der Waals surface area contributed by atoms with Crippen molar-refractivity contribution in [2.45, 2.75) is 37.6 Å². The number of hydrogen-bond acceptors (Lipinski definition) is 2. The molecule has 0 spiro atoms. The van der Waals surface area contributed by atoms with Gasteiger partial charge in [-0.1, -0.05) is 55.7 Å². The monoisotopic (exact) mass is 318 g/mol. The van der Waals surface area contributed by atoms with Crippen molar-refractivity contribution in [3.05, 3.63) is 48.0 Å². The highest BCUT2D eigenvalue weighted by Crippen LogP contribution is 2.25. The van der Waals surface area contributed by atoms with Gasteiger partial charge >= 0.3 is 0 Å². The minimum Gasteiger partial charge on any atom is -0.350 e. The number of halogens is 1. The molecular formula is C18H23ClN2O. The van der Waals surface area contributed by atoms with E-state index in [9.17, 15) is 4.79 Å². The third-order valence-corrected chi connectivity index (χ3v) is 4.48. The molecule has 0 aliphatic heterocycles. The fourth-order valence-electron chi connectivity index (χ4n) is 3.21. The van der Waals surface area contributed by atoms with Crippen molar-refractivity contribution >= 4 is 29.1 Å². The van der Waals surface area contributed by atoms with Crippen molar-refractivity contribution < 1.29 is 4.79 Å². The molecule has 0 bridgehead atoms. The number of carbonyl (C=O) groups is 1. The first-order valence-electron chi connectivity index (χ1n) is 7.73. The number of carbonyl (C=O) groups excluding carboxylic acids is 1. The molecule has 0 heterocycles. The van der Waals surface area contributed by atoms with Crippen molar-refractivity contribution in [3.63, 3.8) is 0 Å². The molecule has 0 atom stereocenters. The molecule has 2 aromatic rings. The van der Waals surface area contributed by atoms with E-state index in [1.807, 2.05) is 42.5 Å². The molecule has 4 heteroatoms. The van der Waals surface area contributed by atoms with Crippen molar-refractivity contribution in [3.8, 4) is 0 Å². The molecule has 0 unspecified atom stereocenters. The lowest BCUT2D eigenvalue weighted by atomic mass is 9.82. The van der Waals surface area contributed by atoms with Crippen LogP contribution in [0.3, 0.4) is 0 Å². The van der Waals surface area contributed by atoms with Crippen LogP contribution >= 0.6 is 12.4 Å². The van der Waals surface area contributed by atoms with Crippen LogP contribution in [0.25, 0.3) is 10.8 Å². The van der Waals surface area contributed by atoms with Gasteiger partial charge in [0.2, 0.25) is 0 Å². The van der Waals surface area contributed by atoms with Crippen LogP contribution in [-0.2, 0) is 0 Å².